The first-order chi connectivity index (χ1) is 11.0. The molecule has 0 saturated heterocycles. The summed E-state index contributed by atoms with van der Waals surface area (Å²) in [6.07, 6.45) is 0. The molecule has 0 spiro atoms. The van der Waals surface area contributed by atoms with E-state index in [-0.39, 0.29) is 18.4 Å². The van der Waals surface area contributed by atoms with Gasteiger partial charge in [0.15, 0.2) is 0 Å². The molecular weight excluding hydrogens is 292 g/mol. The van der Waals surface area contributed by atoms with Gasteiger partial charge in [0.1, 0.15) is 12.4 Å². The standard InChI is InChI=1S/C18H20N2O3/c1-13-8-7-11-16(19-13)20(12-17(21)23-3)18(22)14(2)15-9-5-4-6-10-15/h4-11,14H,12H2,1-3H3/t14-/m0/s1. The number of hydrogen-bond acceptors (Lipinski definition) is 4. The Morgan fingerprint density at radius 2 is 1.83 bits per heavy atom. The molecule has 5 nitrogen and oxygen atoms in total. The molecule has 5 heteroatoms. The van der Waals surface area contributed by atoms with Crippen LogP contribution >= 0.6 is 0 Å². The topological polar surface area (TPSA) is 59.5 Å². The number of carbonyl (C=O) groups is 2. The van der Waals surface area contributed by atoms with Crippen molar-refractivity contribution < 1.29 is 14.3 Å². The van der Waals surface area contributed by atoms with Gasteiger partial charge in [-0.25, -0.2) is 4.98 Å². The fourth-order valence-corrected chi connectivity index (χ4v) is 2.26. The Morgan fingerprint density at radius 1 is 1.13 bits per heavy atom. The Labute approximate surface area is 135 Å². The van der Waals surface area contributed by atoms with Crippen molar-refractivity contribution in [1.82, 2.24) is 4.98 Å². The van der Waals surface area contributed by atoms with Crippen LogP contribution in [0.15, 0.2) is 48.5 Å². The fourth-order valence-electron chi connectivity index (χ4n) is 2.26. The van der Waals surface area contributed by atoms with Gasteiger partial charge < -0.3 is 4.74 Å². The zero-order valence-electron chi connectivity index (χ0n) is 13.5. The molecule has 0 fully saturated rings. The molecule has 0 N–H and O–H groups in total. The molecule has 1 amide bonds. The number of rotatable bonds is 5. The van der Waals surface area contributed by atoms with E-state index in [0.29, 0.717) is 5.82 Å². The van der Waals surface area contributed by atoms with E-state index in [1.165, 1.54) is 12.0 Å². The Balaban J connectivity index is 2.33. The number of hydrogen-bond donors (Lipinski definition) is 0. The van der Waals surface area contributed by atoms with E-state index >= 15 is 0 Å². The highest BCUT2D eigenvalue weighted by Gasteiger charge is 2.26. The molecule has 0 unspecified atom stereocenters. The second-order valence-electron chi connectivity index (χ2n) is 5.27. The highest BCUT2D eigenvalue weighted by Crippen LogP contribution is 2.21. The van der Waals surface area contributed by atoms with Gasteiger partial charge in [-0.2, -0.15) is 0 Å². The Morgan fingerprint density at radius 3 is 2.43 bits per heavy atom. The maximum atomic E-state index is 12.9. The van der Waals surface area contributed by atoms with Gasteiger partial charge in [-0.3, -0.25) is 14.5 Å². The summed E-state index contributed by atoms with van der Waals surface area (Å²) in [5.41, 5.74) is 1.66. The van der Waals surface area contributed by atoms with Crippen LogP contribution in [0.1, 0.15) is 24.1 Å². The van der Waals surface area contributed by atoms with Crippen molar-refractivity contribution >= 4 is 17.7 Å². The van der Waals surface area contributed by atoms with Crippen LogP contribution < -0.4 is 4.90 Å². The fraction of sp³-hybridized carbons (Fsp3) is 0.278. The van der Waals surface area contributed by atoms with Crippen LogP contribution in [0, 0.1) is 6.92 Å². The summed E-state index contributed by atoms with van der Waals surface area (Å²) in [5.74, 6) is -0.618. The number of benzene rings is 1. The van der Waals surface area contributed by atoms with Crippen molar-refractivity contribution in [2.75, 3.05) is 18.6 Å². The summed E-state index contributed by atoms with van der Waals surface area (Å²) < 4.78 is 4.71. The number of aromatic nitrogens is 1. The minimum atomic E-state index is -0.484. The van der Waals surface area contributed by atoms with Gasteiger partial charge in [0.05, 0.1) is 13.0 Å². The van der Waals surface area contributed by atoms with Crippen molar-refractivity contribution in [3.8, 4) is 0 Å². The highest BCUT2D eigenvalue weighted by atomic mass is 16.5. The van der Waals surface area contributed by atoms with Crippen LogP contribution in [0.4, 0.5) is 5.82 Å². The third-order valence-corrected chi connectivity index (χ3v) is 3.60. The van der Waals surface area contributed by atoms with Crippen LogP contribution in [-0.2, 0) is 14.3 Å². The lowest BCUT2D eigenvalue weighted by Gasteiger charge is -2.24. The molecule has 120 valence electrons. The summed E-state index contributed by atoms with van der Waals surface area (Å²) in [6.45, 7) is 3.49. The van der Waals surface area contributed by atoms with Gasteiger partial charge in [-0.1, -0.05) is 36.4 Å². The first kappa shape index (κ1) is 16.7. The largest absolute Gasteiger partial charge is 0.468 e. The van der Waals surface area contributed by atoms with E-state index in [0.717, 1.165) is 11.3 Å². The van der Waals surface area contributed by atoms with E-state index in [1.807, 2.05) is 56.3 Å². The highest BCUT2D eigenvalue weighted by molar-refractivity contribution is 6.00. The number of pyridine rings is 1. The van der Waals surface area contributed by atoms with Gasteiger partial charge in [0.25, 0.3) is 0 Å². The quantitative estimate of drug-likeness (QED) is 0.797. The molecule has 23 heavy (non-hydrogen) atoms. The number of nitrogens with zero attached hydrogens (tertiary/aromatic N) is 2. The average Bonchev–Trinajstić information content (AvgIpc) is 2.59. The molecule has 0 saturated carbocycles. The van der Waals surface area contributed by atoms with Crippen LogP contribution in [0.2, 0.25) is 0 Å². The molecule has 0 aliphatic rings. The van der Waals surface area contributed by atoms with Crippen LogP contribution in [0.3, 0.4) is 0 Å². The lowest BCUT2D eigenvalue weighted by atomic mass is 10.00. The van der Waals surface area contributed by atoms with Gasteiger partial charge in [-0.05, 0) is 31.5 Å². The summed E-state index contributed by atoms with van der Waals surface area (Å²) >= 11 is 0. The smallest absolute Gasteiger partial charge is 0.325 e. The molecule has 2 rings (SSSR count). The predicted octanol–water partition coefficient (Wildman–Crippen LogP) is 2.70. The Bertz CT molecular complexity index is 686. The van der Waals surface area contributed by atoms with Gasteiger partial charge in [0, 0.05) is 5.69 Å². The summed E-state index contributed by atoms with van der Waals surface area (Å²) in [7, 11) is 1.30. The number of ether oxygens (including phenoxy) is 1. The average molecular weight is 312 g/mol. The number of amides is 1. The molecule has 0 aliphatic carbocycles. The maximum absolute atomic E-state index is 12.9. The van der Waals surface area contributed by atoms with E-state index in [9.17, 15) is 9.59 Å². The summed E-state index contributed by atoms with van der Waals surface area (Å²) in [5, 5.41) is 0. The zero-order chi connectivity index (χ0) is 16.8. The van der Waals surface area contributed by atoms with Crippen molar-refractivity contribution in [2.24, 2.45) is 0 Å². The van der Waals surface area contributed by atoms with E-state index < -0.39 is 5.97 Å². The summed E-state index contributed by atoms with van der Waals surface area (Å²) in [6, 6.07) is 14.8. The lowest BCUT2D eigenvalue weighted by Crippen LogP contribution is -2.39. The number of methoxy groups -OCH3 is 1. The van der Waals surface area contributed by atoms with Crippen molar-refractivity contribution in [3.63, 3.8) is 0 Å². The van der Waals surface area contributed by atoms with Crippen LogP contribution in [-0.4, -0.2) is 30.5 Å². The molecule has 0 bridgehead atoms. The molecule has 1 aromatic carbocycles. The van der Waals surface area contributed by atoms with Crippen molar-refractivity contribution in [2.45, 2.75) is 19.8 Å². The molecule has 1 heterocycles. The SMILES string of the molecule is COC(=O)CN(C(=O)[C@@H](C)c1ccccc1)c1cccc(C)n1. The number of aryl methyl sites for hydroxylation is 1. The molecule has 1 aromatic heterocycles. The molecule has 1 atom stereocenters. The van der Waals surface area contributed by atoms with Crippen molar-refractivity contribution in [3.05, 3.63) is 59.8 Å². The molecule has 0 aliphatic heterocycles. The van der Waals surface area contributed by atoms with Gasteiger partial charge in [-0.15, -0.1) is 0 Å². The van der Waals surface area contributed by atoms with Gasteiger partial charge >= 0.3 is 5.97 Å². The third-order valence-electron chi connectivity index (χ3n) is 3.60. The van der Waals surface area contributed by atoms with E-state index in [1.54, 1.807) is 6.07 Å². The van der Waals surface area contributed by atoms with E-state index in [4.69, 9.17) is 4.74 Å². The first-order valence-corrected chi connectivity index (χ1v) is 7.39. The first-order valence-electron chi connectivity index (χ1n) is 7.39. The second-order valence-corrected chi connectivity index (χ2v) is 5.27. The lowest BCUT2D eigenvalue weighted by molar-refractivity contribution is -0.140. The molecule has 0 radical (unpaired) electrons. The maximum Gasteiger partial charge on any atom is 0.325 e. The normalized spacial score (nSPS) is 11.6. The predicted molar refractivity (Wildman–Crippen MR) is 88.2 cm³/mol. The van der Waals surface area contributed by atoms with Gasteiger partial charge in [0.2, 0.25) is 5.91 Å². The molecule has 2 aromatic rings. The number of esters is 1. The Hall–Kier alpha value is -2.69. The Kier molecular flexibility index (Phi) is 5.46. The second kappa shape index (κ2) is 7.54. The third kappa shape index (κ3) is 4.16. The number of carbonyl (C=O) groups excluding carboxylic acids is 2. The summed E-state index contributed by atoms with van der Waals surface area (Å²) in [4.78, 5) is 30.3. The minimum absolute atomic E-state index is 0.164. The van der Waals surface area contributed by atoms with Crippen LogP contribution in [0.5, 0.6) is 0 Å². The zero-order valence-corrected chi connectivity index (χ0v) is 13.5. The molecular formula is C18H20N2O3. The van der Waals surface area contributed by atoms with Crippen molar-refractivity contribution in [1.29, 1.82) is 0 Å². The number of anilines is 1. The van der Waals surface area contributed by atoms with Crippen LogP contribution in [0.25, 0.3) is 0 Å². The van der Waals surface area contributed by atoms with E-state index in [2.05, 4.69) is 4.98 Å². The monoisotopic (exact) mass is 312 g/mol. The minimum Gasteiger partial charge on any atom is -0.468 e.